The first-order valence-electron chi connectivity index (χ1n) is 5.25. The predicted molar refractivity (Wildman–Crippen MR) is 61.4 cm³/mol. The zero-order chi connectivity index (χ0) is 11.8. The van der Waals surface area contributed by atoms with E-state index in [0.717, 1.165) is 18.4 Å². The van der Waals surface area contributed by atoms with Gasteiger partial charge in [0.15, 0.2) is 0 Å². The van der Waals surface area contributed by atoms with Crippen LogP contribution in [0.3, 0.4) is 0 Å². The van der Waals surface area contributed by atoms with Gasteiger partial charge in [-0.1, -0.05) is 11.6 Å². The average Bonchev–Trinajstić information content (AvgIpc) is 2.74. The molecule has 1 N–H and O–H groups in total. The molecule has 1 aromatic carbocycles. The van der Waals surface area contributed by atoms with Crippen molar-refractivity contribution in [2.45, 2.75) is 12.8 Å². The molecular weight excluding hydrogens is 244 g/mol. The van der Waals surface area contributed by atoms with E-state index < -0.39 is 5.76 Å². The van der Waals surface area contributed by atoms with E-state index in [2.05, 4.69) is 10.2 Å². The lowest BCUT2D eigenvalue weighted by Crippen LogP contribution is -2.09. The Kier molecular flexibility index (Phi) is 2.40. The van der Waals surface area contributed by atoms with Gasteiger partial charge in [0.1, 0.15) is 5.75 Å². The summed E-state index contributed by atoms with van der Waals surface area (Å²) < 4.78 is 10.5. The first kappa shape index (κ1) is 10.4. The van der Waals surface area contributed by atoms with Gasteiger partial charge in [0, 0.05) is 5.02 Å². The van der Waals surface area contributed by atoms with E-state index in [4.69, 9.17) is 20.8 Å². The maximum atomic E-state index is 11.0. The Balaban J connectivity index is 2.21. The van der Waals surface area contributed by atoms with Gasteiger partial charge < -0.3 is 9.15 Å². The Morgan fingerprint density at radius 2 is 2.29 bits per heavy atom. The van der Waals surface area contributed by atoms with Gasteiger partial charge in [0.05, 0.1) is 12.2 Å². The van der Waals surface area contributed by atoms with Crippen LogP contribution in [0.4, 0.5) is 0 Å². The number of aromatic amines is 1. The van der Waals surface area contributed by atoms with Crippen molar-refractivity contribution < 1.29 is 9.15 Å². The predicted octanol–water partition coefficient (Wildman–Crippen LogP) is 2.01. The summed E-state index contributed by atoms with van der Waals surface area (Å²) in [5.41, 5.74) is 1.63. The van der Waals surface area contributed by atoms with Crippen molar-refractivity contribution in [3.63, 3.8) is 0 Å². The van der Waals surface area contributed by atoms with Crippen LogP contribution in [0, 0.1) is 0 Å². The zero-order valence-corrected chi connectivity index (χ0v) is 9.58. The summed E-state index contributed by atoms with van der Waals surface area (Å²) in [6, 6.07) is 3.55. The van der Waals surface area contributed by atoms with Gasteiger partial charge in [-0.3, -0.25) is 0 Å². The number of fused-ring (bicyclic) bond motifs is 1. The second-order valence-electron chi connectivity index (χ2n) is 3.81. The normalized spacial score (nSPS) is 14.2. The number of ether oxygens (including phenoxy) is 1. The van der Waals surface area contributed by atoms with Crippen LogP contribution in [0.5, 0.6) is 5.75 Å². The molecule has 6 heteroatoms. The molecule has 0 aliphatic carbocycles. The van der Waals surface area contributed by atoms with E-state index in [1.54, 1.807) is 6.07 Å². The molecule has 0 radical (unpaired) electrons. The number of aromatic nitrogens is 2. The highest BCUT2D eigenvalue weighted by Crippen LogP contribution is 2.37. The highest BCUT2D eigenvalue weighted by atomic mass is 35.5. The minimum Gasteiger partial charge on any atom is -0.492 e. The third-order valence-electron chi connectivity index (χ3n) is 2.64. The Labute approximate surface area is 101 Å². The minimum absolute atomic E-state index is 0.204. The van der Waals surface area contributed by atoms with Crippen LogP contribution >= 0.6 is 11.6 Å². The van der Waals surface area contributed by atoms with Crippen LogP contribution in [0.15, 0.2) is 21.3 Å². The second kappa shape index (κ2) is 3.92. The lowest BCUT2D eigenvalue weighted by molar-refractivity contribution is 0.289. The summed E-state index contributed by atoms with van der Waals surface area (Å²) in [4.78, 5) is 11.0. The molecule has 2 heterocycles. The smallest absolute Gasteiger partial charge is 0.434 e. The van der Waals surface area contributed by atoms with Crippen LogP contribution in [0.25, 0.3) is 11.5 Å². The molecule has 0 bridgehead atoms. The average molecular weight is 253 g/mol. The van der Waals surface area contributed by atoms with E-state index in [1.165, 1.54) is 0 Å². The van der Waals surface area contributed by atoms with E-state index in [0.29, 0.717) is 22.9 Å². The second-order valence-corrected chi connectivity index (χ2v) is 4.25. The molecule has 1 aliphatic heterocycles. The number of rotatable bonds is 1. The monoisotopic (exact) mass is 252 g/mol. The summed E-state index contributed by atoms with van der Waals surface area (Å²) in [7, 11) is 0. The Morgan fingerprint density at radius 1 is 1.41 bits per heavy atom. The van der Waals surface area contributed by atoms with Gasteiger partial charge >= 0.3 is 5.76 Å². The molecule has 0 unspecified atom stereocenters. The molecule has 0 spiro atoms. The number of hydrogen-bond acceptors (Lipinski definition) is 4. The summed E-state index contributed by atoms with van der Waals surface area (Å²) in [6.45, 7) is 0.649. The highest BCUT2D eigenvalue weighted by Gasteiger charge is 2.20. The summed E-state index contributed by atoms with van der Waals surface area (Å²) in [5.74, 6) is 0.316. The third kappa shape index (κ3) is 1.82. The largest absolute Gasteiger partial charge is 0.492 e. The van der Waals surface area contributed by atoms with Crippen LogP contribution in [0.2, 0.25) is 5.02 Å². The molecule has 0 fully saturated rings. The van der Waals surface area contributed by atoms with E-state index in [9.17, 15) is 4.79 Å². The highest BCUT2D eigenvalue weighted by molar-refractivity contribution is 6.31. The van der Waals surface area contributed by atoms with Crippen molar-refractivity contribution in [1.29, 1.82) is 0 Å². The number of aryl methyl sites for hydroxylation is 1. The standard InChI is InChI=1S/C11H9ClN2O3/c12-7-4-6-2-1-3-16-9(6)8(5-7)10-13-14-11(15)17-10/h4-5H,1-3H2,(H,14,15). The Hall–Kier alpha value is -1.75. The van der Waals surface area contributed by atoms with Crippen molar-refractivity contribution in [3.05, 3.63) is 33.3 Å². The Morgan fingerprint density at radius 3 is 3.06 bits per heavy atom. The van der Waals surface area contributed by atoms with Gasteiger partial charge in [-0.25, -0.2) is 9.89 Å². The van der Waals surface area contributed by atoms with Gasteiger partial charge in [-0.15, -0.1) is 5.10 Å². The zero-order valence-electron chi connectivity index (χ0n) is 8.83. The molecular formula is C11H9ClN2O3. The lowest BCUT2D eigenvalue weighted by Gasteiger charge is -2.19. The van der Waals surface area contributed by atoms with Gasteiger partial charge in [0.2, 0.25) is 0 Å². The number of H-pyrrole nitrogens is 1. The number of nitrogens with one attached hydrogen (secondary N) is 1. The SMILES string of the molecule is O=c1[nH]nc(-c2cc(Cl)cc3c2OCCC3)o1. The molecule has 88 valence electrons. The minimum atomic E-state index is -0.593. The first-order chi connectivity index (χ1) is 8.24. The van der Waals surface area contributed by atoms with Crippen LogP contribution in [-0.4, -0.2) is 16.8 Å². The molecule has 0 saturated heterocycles. The quantitative estimate of drug-likeness (QED) is 0.843. The van der Waals surface area contributed by atoms with Gasteiger partial charge in [-0.05, 0) is 30.5 Å². The van der Waals surface area contributed by atoms with Crippen molar-refractivity contribution in [3.8, 4) is 17.2 Å². The molecule has 1 aliphatic rings. The molecule has 2 aromatic rings. The number of benzene rings is 1. The van der Waals surface area contributed by atoms with Crippen molar-refractivity contribution >= 4 is 11.6 Å². The van der Waals surface area contributed by atoms with Gasteiger partial charge in [0.25, 0.3) is 5.89 Å². The molecule has 17 heavy (non-hydrogen) atoms. The van der Waals surface area contributed by atoms with E-state index in [-0.39, 0.29) is 5.89 Å². The fourth-order valence-electron chi connectivity index (χ4n) is 1.95. The fourth-order valence-corrected chi connectivity index (χ4v) is 2.19. The number of nitrogens with zero attached hydrogens (tertiary/aromatic N) is 1. The molecule has 3 rings (SSSR count). The number of hydrogen-bond donors (Lipinski definition) is 1. The lowest BCUT2D eigenvalue weighted by atomic mass is 10.0. The maximum absolute atomic E-state index is 11.0. The van der Waals surface area contributed by atoms with Crippen LogP contribution in [-0.2, 0) is 6.42 Å². The fraction of sp³-hybridized carbons (Fsp3) is 0.273. The molecule has 0 amide bonds. The van der Waals surface area contributed by atoms with E-state index >= 15 is 0 Å². The maximum Gasteiger partial charge on any atom is 0.434 e. The van der Waals surface area contributed by atoms with Crippen LogP contribution in [0.1, 0.15) is 12.0 Å². The molecule has 1 aromatic heterocycles. The topological polar surface area (TPSA) is 68.1 Å². The summed E-state index contributed by atoms with van der Waals surface area (Å²) in [6.07, 6.45) is 1.86. The number of halogens is 1. The summed E-state index contributed by atoms with van der Waals surface area (Å²) in [5, 5.41) is 6.59. The van der Waals surface area contributed by atoms with Crippen molar-refractivity contribution in [2.75, 3.05) is 6.61 Å². The summed E-state index contributed by atoms with van der Waals surface area (Å²) >= 11 is 6.03. The third-order valence-corrected chi connectivity index (χ3v) is 2.85. The Bertz CT molecular complexity index is 617. The molecule has 5 nitrogen and oxygen atoms in total. The van der Waals surface area contributed by atoms with Gasteiger partial charge in [-0.2, -0.15) is 0 Å². The first-order valence-corrected chi connectivity index (χ1v) is 5.63. The van der Waals surface area contributed by atoms with Crippen LogP contribution < -0.4 is 10.5 Å². The molecule has 0 atom stereocenters. The van der Waals surface area contributed by atoms with E-state index in [1.807, 2.05) is 6.07 Å². The van der Waals surface area contributed by atoms with Crippen molar-refractivity contribution in [1.82, 2.24) is 10.2 Å². The van der Waals surface area contributed by atoms with Crippen molar-refractivity contribution in [2.24, 2.45) is 0 Å². The molecule has 0 saturated carbocycles.